The molecule has 0 aliphatic heterocycles. The van der Waals surface area contributed by atoms with Crippen molar-refractivity contribution in [2.24, 2.45) is 0 Å². The van der Waals surface area contributed by atoms with Crippen LogP contribution in [0.3, 0.4) is 0 Å². The molecule has 1 unspecified atom stereocenters. The van der Waals surface area contributed by atoms with Crippen molar-refractivity contribution in [3.63, 3.8) is 0 Å². The lowest BCUT2D eigenvalue weighted by Crippen LogP contribution is -2.36. The van der Waals surface area contributed by atoms with E-state index in [1.54, 1.807) is 11.3 Å². The molecule has 0 aliphatic carbocycles. The number of carbonyl (C=O) groups excluding carboxylic acids is 1. The van der Waals surface area contributed by atoms with Crippen molar-refractivity contribution in [2.45, 2.75) is 5.85 Å². The summed E-state index contributed by atoms with van der Waals surface area (Å²) < 4.78 is 6.53. The van der Waals surface area contributed by atoms with Crippen LogP contribution in [0.15, 0.2) is 139 Å². The largest absolute Gasteiger partial charge is 0.417 e. The summed E-state index contributed by atoms with van der Waals surface area (Å²) in [5.41, 5.74) is 0.552. The molecule has 0 N–H and O–H groups in total. The minimum Gasteiger partial charge on any atom is -0.417 e. The number of carbonyl (C=O) groups is 1. The Morgan fingerprint density at radius 3 is 1.44 bits per heavy atom. The van der Waals surface area contributed by atoms with Gasteiger partial charge in [0.1, 0.15) is 15.9 Å². The van der Waals surface area contributed by atoms with Crippen LogP contribution in [0.4, 0.5) is 0 Å². The number of esters is 1. The average Bonchev–Trinajstić information content (AvgIpc) is 3.46. The van der Waals surface area contributed by atoms with Gasteiger partial charge < -0.3 is 4.74 Å². The molecule has 0 saturated carbocycles. The second kappa shape index (κ2) is 10.2. The van der Waals surface area contributed by atoms with E-state index < -0.39 is 13.1 Å². The maximum Gasteiger partial charge on any atom is 0.341 e. The predicted octanol–water partition coefficient (Wildman–Crippen LogP) is 6.60. The van der Waals surface area contributed by atoms with Gasteiger partial charge in [0, 0.05) is 0 Å². The maximum atomic E-state index is 13.5. The van der Waals surface area contributed by atoms with Crippen LogP contribution in [-0.4, -0.2) is 5.97 Å². The summed E-state index contributed by atoms with van der Waals surface area (Å²) in [6.45, 7) is 0. The van der Waals surface area contributed by atoms with Crippen LogP contribution in [0.5, 0.6) is 0 Å². The van der Waals surface area contributed by atoms with Gasteiger partial charge in [0.2, 0.25) is 0 Å². The quantitative estimate of drug-likeness (QED) is 0.194. The first-order chi connectivity index (χ1) is 16.8. The van der Waals surface area contributed by atoms with Crippen molar-refractivity contribution in [3.05, 3.63) is 149 Å². The van der Waals surface area contributed by atoms with Crippen LogP contribution in [0, 0.1) is 0 Å². The van der Waals surface area contributed by atoms with Crippen LogP contribution >= 0.6 is 18.6 Å². The highest BCUT2D eigenvalue weighted by Crippen LogP contribution is 2.67. The van der Waals surface area contributed by atoms with Crippen molar-refractivity contribution in [1.82, 2.24) is 0 Å². The molecule has 0 amide bonds. The third-order valence-electron chi connectivity index (χ3n) is 5.86. The van der Waals surface area contributed by atoms with E-state index in [1.807, 2.05) is 60.0 Å². The zero-order valence-electron chi connectivity index (χ0n) is 18.5. The van der Waals surface area contributed by atoms with E-state index in [0.29, 0.717) is 5.56 Å². The molecule has 0 radical (unpaired) electrons. The summed E-state index contributed by atoms with van der Waals surface area (Å²) in [5, 5.41) is 5.57. The zero-order valence-corrected chi connectivity index (χ0v) is 20.2. The van der Waals surface area contributed by atoms with Gasteiger partial charge in [0.15, 0.2) is 7.26 Å². The number of thiophene rings is 1. The summed E-state index contributed by atoms with van der Waals surface area (Å²) in [4.78, 5) is 14.5. The Bertz CT molecular complexity index is 1230. The lowest BCUT2D eigenvalue weighted by molar-refractivity contribution is 0.0452. The highest BCUT2D eigenvalue weighted by molar-refractivity contribution is 7.96. The highest BCUT2D eigenvalue weighted by atomic mass is 32.1. The third-order valence-corrected chi connectivity index (χ3v) is 11.4. The second-order valence-electron chi connectivity index (χ2n) is 7.87. The molecule has 5 rings (SSSR count). The summed E-state index contributed by atoms with van der Waals surface area (Å²) in [6, 6.07) is 44.9. The fourth-order valence-corrected chi connectivity index (χ4v) is 9.99. The Balaban J connectivity index is 1.80. The molecule has 166 valence electrons. The van der Waals surface area contributed by atoms with Crippen LogP contribution < -0.4 is 15.9 Å². The van der Waals surface area contributed by atoms with E-state index in [0.717, 1.165) is 4.88 Å². The Hall–Kier alpha value is -3.52. The molecular formula is C30H24O2PS+. The average molecular weight is 480 g/mol. The Labute approximate surface area is 204 Å². The Kier molecular flexibility index (Phi) is 6.67. The van der Waals surface area contributed by atoms with E-state index in [4.69, 9.17) is 4.74 Å². The molecule has 34 heavy (non-hydrogen) atoms. The first kappa shape index (κ1) is 22.3. The van der Waals surface area contributed by atoms with Crippen LogP contribution in [0.2, 0.25) is 0 Å². The minimum absolute atomic E-state index is 0.314. The first-order valence-electron chi connectivity index (χ1n) is 11.1. The van der Waals surface area contributed by atoms with Gasteiger partial charge in [0.25, 0.3) is 5.85 Å². The third kappa shape index (κ3) is 4.21. The monoisotopic (exact) mass is 479 g/mol. The lowest BCUT2D eigenvalue weighted by Gasteiger charge is -2.33. The van der Waals surface area contributed by atoms with Gasteiger partial charge in [-0.15, -0.1) is 11.3 Å². The Morgan fingerprint density at radius 1 is 0.588 bits per heavy atom. The van der Waals surface area contributed by atoms with Gasteiger partial charge in [-0.05, 0) is 60.0 Å². The second-order valence-corrected chi connectivity index (χ2v) is 12.3. The highest BCUT2D eigenvalue weighted by Gasteiger charge is 2.56. The molecule has 4 aromatic carbocycles. The van der Waals surface area contributed by atoms with E-state index in [9.17, 15) is 4.79 Å². The number of benzene rings is 4. The fourth-order valence-electron chi connectivity index (χ4n) is 4.35. The van der Waals surface area contributed by atoms with Gasteiger partial charge >= 0.3 is 5.97 Å². The molecule has 0 spiro atoms. The molecule has 5 aromatic rings. The Morgan fingerprint density at radius 2 is 1.03 bits per heavy atom. The van der Waals surface area contributed by atoms with Crippen molar-refractivity contribution in [1.29, 1.82) is 0 Å². The smallest absolute Gasteiger partial charge is 0.341 e. The van der Waals surface area contributed by atoms with Crippen molar-refractivity contribution >= 4 is 40.5 Å². The first-order valence-corrected chi connectivity index (χ1v) is 13.9. The lowest BCUT2D eigenvalue weighted by atomic mass is 10.2. The zero-order chi connectivity index (χ0) is 23.2. The maximum absolute atomic E-state index is 13.5. The van der Waals surface area contributed by atoms with Crippen molar-refractivity contribution < 1.29 is 9.53 Å². The number of hydrogen-bond acceptors (Lipinski definition) is 3. The van der Waals surface area contributed by atoms with Gasteiger partial charge in [-0.3, -0.25) is 0 Å². The molecule has 1 atom stereocenters. The van der Waals surface area contributed by atoms with Crippen LogP contribution in [0.1, 0.15) is 21.1 Å². The van der Waals surface area contributed by atoms with Gasteiger partial charge in [-0.2, -0.15) is 0 Å². The molecule has 0 saturated heterocycles. The molecule has 1 heterocycles. The minimum atomic E-state index is -2.46. The fraction of sp³-hybridized carbons (Fsp3) is 0.0333. The standard InChI is InChI=1S/C30H24O2PS/c31-29(24-14-5-1-6-15-24)32-30(28-22-13-23-34-28)33(25-16-7-2-8-17-25,26-18-9-3-10-19-26)27-20-11-4-12-21-27/h1-23,30H/q+1. The van der Waals surface area contributed by atoms with Crippen LogP contribution in [-0.2, 0) is 4.74 Å². The molecule has 0 fully saturated rings. The molecule has 0 bridgehead atoms. The molecule has 0 aliphatic rings. The van der Waals surface area contributed by atoms with E-state index in [1.165, 1.54) is 15.9 Å². The molecular weight excluding hydrogens is 455 g/mol. The van der Waals surface area contributed by atoms with Crippen molar-refractivity contribution in [3.8, 4) is 0 Å². The summed E-state index contributed by atoms with van der Waals surface area (Å²) in [7, 11) is -2.46. The molecule has 2 nitrogen and oxygen atoms in total. The summed E-state index contributed by atoms with van der Waals surface area (Å²) >= 11 is 1.63. The van der Waals surface area contributed by atoms with Gasteiger partial charge in [-0.1, -0.05) is 78.9 Å². The van der Waals surface area contributed by atoms with E-state index in [-0.39, 0.29) is 5.97 Å². The topological polar surface area (TPSA) is 26.3 Å². The number of rotatable bonds is 7. The van der Waals surface area contributed by atoms with E-state index >= 15 is 0 Å². The van der Waals surface area contributed by atoms with Gasteiger partial charge in [-0.25, -0.2) is 4.79 Å². The normalized spacial score (nSPS) is 12.1. The number of hydrogen-bond donors (Lipinski definition) is 0. The summed E-state index contributed by atoms with van der Waals surface area (Å²) in [6.07, 6.45) is 0. The predicted molar refractivity (Wildman–Crippen MR) is 144 cm³/mol. The van der Waals surface area contributed by atoms with E-state index in [2.05, 4.69) is 78.9 Å². The molecule has 1 aromatic heterocycles. The summed E-state index contributed by atoms with van der Waals surface area (Å²) in [5.74, 6) is -0.779. The van der Waals surface area contributed by atoms with Crippen LogP contribution in [0.25, 0.3) is 0 Å². The van der Waals surface area contributed by atoms with Gasteiger partial charge in [0.05, 0.1) is 10.4 Å². The van der Waals surface area contributed by atoms with Crippen molar-refractivity contribution in [2.75, 3.05) is 0 Å². The number of ether oxygens (including phenoxy) is 1. The SMILES string of the molecule is O=C(OC(c1cccs1)[P+](c1ccccc1)(c1ccccc1)c1ccccc1)c1ccccc1. The molecule has 4 heteroatoms.